The average molecular weight is 357 g/mol. The Morgan fingerprint density at radius 1 is 1.33 bits per heavy atom. The van der Waals surface area contributed by atoms with Crippen molar-refractivity contribution in [1.29, 1.82) is 0 Å². The number of rotatable bonds is 2. The van der Waals surface area contributed by atoms with Crippen LogP contribution < -0.4 is 11.1 Å². The van der Waals surface area contributed by atoms with Crippen LogP contribution in [0.25, 0.3) is 0 Å². The Bertz CT molecular complexity index is 604. The highest BCUT2D eigenvalue weighted by atomic mass is 127. The molecular weight excluding hydrogens is 348 g/mol. The van der Waals surface area contributed by atoms with Crippen LogP contribution in [0.3, 0.4) is 0 Å². The van der Waals surface area contributed by atoms with Gasteiger partial charge in [0.25, 0.3) is 5.91 Å². The average Bonchev–Trinajstić information content (AvgIpc) is 2.32. The van der Waals surface area contributed by atoms with Gasteiger partial charge in [-0.25, -0.2) is 9.37 Å². The molecule has 0 aliphatic carbocycles. The molecule has 1 amide bonds. The molecule has 0 fully saturated rings. The van der Waals surface area contributed by atoms with Gasteiger partial charge in [-0.3, -0.25) is 4.79 Å². The van der Waals surface area contributed by atoms with E-state index in [1.54, 1.807) is 6.07 Å². The molecule has 0 saturated carbocycles. The molecule has 0 radical (unpaired) electrons. The van der Waals surface area contributed by atoms with Gasteiger partial charge in [0.05, 0.1) is 5.69 Å². The quantitative estimate of drug-likeness (QED) is 0.813. The zero-order chi connectivity index (χ0) is 13.1. The lowest BCUT2D eigenvalue weighted by molar-refractivity contribution is 0.102. The van der Waals surface area contributed by atoms with Crippen LogP contribution in [0.1, 0.15) is 10.4 Å². The molecule has 92 valence electrons. The van der Waals surface area contributed by atoms with Gasteiger partial charge < -0.3 is 11.1 Å². The molecule has 6 heteroatoms. The lowest BCUT2D eigenvalue weighted by Crippen LogP contribution is -2.13. The number of hydrogen-bond donors (Lipinski definition) is 2. The maximum absolute atomic E-state index is 12.9. The number of carbonyl (C=O) groups excluding carboxylic acids is 1. The van der Waals surface area contributed by atoms with Gasteiger partial charge in [0.1, 0.15) is 11.6 Å². The third kappa shape index (κ3) is 2.95. The summed E-state index contributed by atoms with van der Waals surface area (Å²) in [6.07, 6.45) is 1.46. The minimum atomic E-state index is -0.342. The van der Waals surface area contributed by atoms with Gasteiger partial charge in [-0.1, -0.05) is 0 Å². The van der Waals surface area contributed by atoms with Crippen LogP contribution in [0.4, 0.5) is 15.9 Å². The molecule has 0 unspecified atom stereocenters. The summed E-state index contributed by atoms with van der Waals surface area (Å²) in [6.45, 7) is 0. The number of nitrogen functional groups attached to an aromatic ring is 1. The zero-order valence-electron chi connectivity index (χ0n) is 9.15. The van der Waals surface area contributed by atoms with E-state index in [1.807, 2.05) is 22.6 Å². The second-order valence-electron chi connectivity index (χ2n) is 3.55. The van der Waals surface area contributed by atoms with Gasteiger partial charge in [-0.15, -0.1) is 0 Å². The molecule has 0 aliphatic rings. The van der Waals surface area contributed by atoms with E-state index in [1.165, 1.54) is 30.5 Å². The van der Waals surface area contributed by atoms with Crippen LogP contribution in [0.15, 0.2) is 36.5 Å². The van der Waals surface area contributed by atoms with Crippen LogP contribution in [-0.4, -0.2) is 10.9 Å². The van der Waals surface area contributed by atoms with Crippen molar-refractivity contribution in [3.63, 3.8) is 0 Å². The summed E-state index contributed by atoms with van der Waals surface area (Å²) in [4.78, 5) is 15.7. The van der Waals surface area contributed by atoms with Gasteiger partial charge in [-0.2, -0.15) is 0 Å². The second kappa shape index (κ2) is 5.30. The van der Waals surface area contributed by atoms with Crippen molar-refractivity contribution in [3.8, 4) is 0 Å². The normalized spacial score (nSPS) is 10.1. The highest BCUT2D eigenvalue weighted by Gasteiger charge is 2.09. The first-order valence-corrected chi connectivity index (χ1v) is 6.12. The Labute approximate surface area is 117 Å². The maximum Gasteiger partial charge on any atom is 0.255 e. The highest BCUT2D eigenvalue weighted by Crippen LogP contribution is 2.19. The molecular formula is C12H9FIN3O. The van der Waals surface area contributed by atoms with Crippen molar-refractivity contribution in [2.45, 2.75) is 0 Å². The lowest BCUT2D eigenvalue weighted by Gasteiger charge is -2.07. The molecule has 2 rings (SSSR count). The third-order valence-electron chi connectivity index (χ3n) is 2.22. The summed E-state index contributed by atoms with van der Waals surface area (Å²) in [5.41, 5.74) is 6.46. The van der Waals surface area contributed by atoms with E-state index in [-0.39, 0.29) is 17.5 Å². The molecule has 0 aliphatic heterocycles. The number of benzene rings is 1. The Morgan fingerprint density at radius 2 is 2.11 bits per heavy atom. The minimum Gasteiger partial charge on any atom is -0.384 e. The minimum absolute atomic E-state index is 0.274. The van der Waals surface area contributed by atoms with Crippen LogP contribution in [-0.2, 0) is 0 Å². The summed E-state index contributed by atoms with van der Waals surface area (Å²) in [7, 11) is 0. The first-order valence-electron chi connectivity index (χ1n) is 5.04. The number of carbonyl (C=O) groups is 1. The first-order chi connectivity index (χ1) is 8.56. The van der Waals surface area contributed by atoms with E-state index in [0.717, 1.165) is 0 Å². The van der Waals surface area contributed by atoms with Crippen LogP contribution in [0.2, 0.25) is 0 Å². The molecule has 1 aromatic carbocycles. The number of aromatic nitrogens is 1. The van der Waals surface area contributed by atoms with Crippen molar-refractivity contribution in [2.24, 2.45) is 0 Å². The van der Waals surface area contributed by atoms with E-state index in [9.17, 15) is 9.18 Å². The fourth-order valence-corrected chi connectivity index (χ4v) is 1.99. The van der Waals surface area contributed by atoms with Crippen molar-refractivity contribution in [2.75, 3.05) is 11.1 Å². The third-order valence-corrected chi connectivity index (χ3v) is 3.12. The maximum atomic E-state index is 12.9. The Morgan fingerprint density at radius 3 is 2.78 bits per heavy atom. The van der Waals surface area contributed by atoms with Gasteiger partial charge >= 0.3 is 0 Å². The lowest BCUT2D eigenvalue weighted by atomic mass is 10.2. The van der Waals surface area contributed by atoms with Crippen molar-refractivity contribution in [1.82, 2.24) is 4.98 Å². The van der Waals surface area contributed by atoms with Crippen molar-refractivity contribution in [3.05, 3.63) is 51.5 Å². The number of nitrogens with one attached hydrogen (secondary N) is 1. The number of hydrogen-bond acceptors (Lipinski definition) is 3. The van der Waals surface area contributed by atoms with Crippen molar-refractivity contribution >= 4 is 40.0 Å². The highest BCUT2D eigenvalue weighted by molar-refractivity contribution is 14.1. The van der Waals surface area contributed by atoms with Gasteiger partial charge in [0.2, 0.25) is 0 Å². The number of nitrogens with two attached hydrogens (primary N) is 1. The first kappa shape index (κ1) is 12.7. The van der Waals surface area contributed by atoms with E-state index in [2.05, 4.69) is 10.3 Å². The molecule has 4 nitrogen and oxygen atoms in total. The number of halogens is 2. The molecule has 2 aromatic rings. The van der Waals surface area contributed by atoms with Crippen LogP contribution >= 0.6 is 22.6 Å². The largest absolute Gasteiger partial charge is 0.384 e. The van der Waals surface area contributed by atoms with Gasteiger partial charge in [0.15, 0.2) is 0 Å². The van der Waals surface area contributed by atoms with Gasteiger partial charge in [-0.05, 0) is 52.9 Å². The molecule has 0 atom stereocenters. The second-order valence-corrected chi connectivity index (χ2v) is 4.71. The molecule has 3 N–H and O–H groups in total. The molecule has 18 heavy (non-hydrogen) atoms. The van der Waals surface area contributed by atoms with E-state index < -0.39 is 0 Å². The van der Waals surface area contributed by atoms with E-state index in [0.29, 0.717) is 14.8 Å². The number of pyridine rings is 1. The molecule has 0 saturated heterocycles. The van der Waals surface area contributed by atoms with Gasteiger partial charge in [0, 0.05) is 15.3 Å². The fraction of sp³-hybridized carbons (Fsp3) is 0. The Balaban J connectivity index is 2.21. The summed E-state index contributed by atoms with van der Waals surface area (Å²) >= 11 is 1.95. The monoisotopic (exact) mass is 357 g/mol. The predicted octanol–water partition coefficient (Wildman–Crippen LogP) is 2.66. The molecule has 1 heterocycles. The molecule has 0 spiro atoms. The number of nitrogens with zero attached hydrogens (tertiary/aromatic N) is 1. The summed E-state index contributed by atoms with van der Waals surface area (Å²) in [5.74, 6) is -0.379. The summed E-state index contributed by atoms with van der Waals surface area (Å²) in [6, 6.07) is 7.18. The smallest absolute Gasteiger partial charge is 0.255 e. The zero-order valence-corrected chi connectivity index (χ0v) is 11.3. The Kier molecular flexibility index (Phi) is 3.75. The van der Waals surface area contributed by atoms with E-state index in [4.69, 9.17) is 5.73 Å². The van der Waals surface area contributed by atoms with Crippen molar-refractivity contribution < 1.29 is 9.18 Å². The fourth-order valence-electron chi connectivity index (χ4n) is 1.37. The predicted molar refractivity (Wildman–Crippen MR) is 75.7 cm³/mol. The SMILES string of the molecule is Nc1cc(C(=O)Nc2ccc(F)cc2I)ccn1. The summed E-state index contributed by atoms with van der Waals surface area (Å²) in [5, 5.41) is 2.68. The standard InChI is InChI=1S/C12H9FIN3O/c13-8-1-2-10(9(14)6-8)17-12(18)7-3-4-16-11(15)5-7/h1-6H,(H2,15,16)(H,17,18). The molecule has 1 aromatic heterocycles. The topological polar surface area (TPSA) is 68.0 Å². The Hall–Kier alpha value is -1.70. The molecule has 0 bridgehead atoms. The van der Waals surface area contributed by atoms with E-state index >= 15 is 0 Å². The number of amides is 1. The van der Waals surface area contributed by atoms with Crippen LogP contribution in [0, 0.1) is 9.39 Å². The number of anilines is 2. The van der Waals surface area contributed by atoms with Crippen LogP contribution in [0.5, 0.6) is 0 Å². The summed E-state index contributed by atoms with van der Waals surface area (Å²) < 4.78 is 13.5.